The number of sulfonamides is 1. The first-order valence-electron chi connectivity index (χ1n) is 8.90. The molecule has 0 aliphatic carbocycles. The number of aromatic nitrogens is 4. The Morgan fingerprint density at radius 2 is 2.00 bits per heavy atom. The Hall–Kier alpha value is -2.72. The second-order valence-corrected chi connectivity index (χ2v) is 8.27. The zero-order valence-electron chi connectivity index (χ0n) is 15.6. The van der Waals surface area contributed by atoms with Gasteiger partial charge in [-0.15, -0.1) is 0 Å². The third-order valence-electron chi connectivity index (χ3n) is 4.86. The summed E-state index contributed by atoms with van der Waals surface area (Å²) in [5.74, 6) is 0.990. The van der Waals surface area contributed by atoms with E-state index >= 15 is 0 Å². The number of nitrogens with zero attached hydrogens (tertiary/aromatic N) is 4. The zero-order valence-corrected chi connectivity index (χ0v) is 16.4. The summed E-state index contributed by atoms with van der Waals surface area (Å²) in [4.78, 5) is 12.9. The van der Waals surface area contributed by atoms with E-state index in [1.807, 2.05) is 12.1 Å². The molecule has 0 saturated carbocycles. The molecule has 0 radical (unpaired) electrons. The quantitative estimate of drug-likeness (QED) is 0.695. The van der Waals surface area contributed by atoms with Crippen LogP contribution in [0.3, 0.4) is 0 Å². The van der Waals surface area contributed by atoms with Crippen molar-refractivity contribution in [1.29, 1.82) is 0 Å². The Balaban J connectivity index is 1.75. The van der Waals surface area contributed by atoms with Gasteiger partial charge in [0.25, 0.3) is 10.0 Å². The van der Waals surface area contributed by atoms with Crippen molar-refractivity contribution in [1.82, 2.24) is 19.5 Å². The molecule has 3 aromatic rings. The minimum atomic E-state index is -3.83. The van der Waals surface area contributed by atoms with Gasteiger partial charge in [0.15, 0.2) is 10.8 Å². The number of nitrogens with one attached hydrogen (secondary N) is 1. The van der Waals surface area contributed by atoms with Gasteiger partial charge in [-0.1, -0.05) is 6.07 Å². The maximum Gasteiger partial charge on any atom is 0.280 e. The average Bonchev–Trinajstić information content (AvgIpc) is 3.14. The Kier molecular flexibility index (Phi) is 4.90. The van der Waals surface area contributed by atoms with Crippen molar-refractivity contribution in [2.24, 2.45) is 7.05 Å². The Morgan fingerprint density at radius 1 is 1.21 bits per heavy atom. The van der Waals surface area contributed by atoms with E-state index in [9.17, 15) is 8.42 Å². The summed E-state index contributed by atoms with van der Waals surface area (Å²) < 4.78 is 40.0. The lowest BCUT2D eigenvalue weighted by Gasteiger charge is -2.23. The molecule has 1 saturated heterocycles. The standard InChI is InChI=1S/C18H21N5O4S/c1-23-11-19-10-16(23)28(24,25)22-15-9-20-17-13(12-5-7-27-8-6-12)3-4-14(26-2)18(17)21-15/h3-4,9-12H,5-8H2,1-2H3,(H,21,22). The highest BCUT2D eigenvalue weighted by Gasteiger charge is 2.23. The number of methoxy groups -OCH3 is 1. The van der Waals surface area contributed by atoms with Gasteiger partial charge in [-0.3, -0.25) is 9.71 Å². The molecule has 0 bridgehead atoms. The van der Waals surface area contributed by atoms with Crippen LogP contribution < -0.4 is 9.46 Å². The molecule has 1 fully saturated rings. The molecule has 2 aromatic heterocycles. The van der Waals surface area contributed by atoms with Crippen LogP contribution in [0.2, 0.25) is 0 Å². The lowest BCUT2D eigenvalue weighted by Crippen LogP contribution is -2.17. The number of ether oxygens (including phenoxy) is 2. The smallest absolute Gasteiger partial charge is 0.280 e. The molecule has 3 heterocycles. The molecule has 0 unspecified atom stereocenters. The van der Waals surface area contributed by atoms with Crippen LogP contribution in [0.1, 0.15) is 24.3 Å². The van der Waals surface area contributed by atoms with Crippen LogP contribution in [-0.2, 0) is 21.8 Å². The monoisotopic (exact) mass is 403 g/mol. The molecule has 9 nitrogen and oxygen atoms in total. The molecule has 0 spiro atoms. The lowest BCUT2D eigenvalue weighted by atomic mass is 9.90. The summed E-state index contributed by atoms with van der Waals surface area (Å²) in [5.41, 5.74) is 2.32. The number of anilines is 1. The molecular weight excluding hydrogens is 382 g/mol. The third-order valence-corrected chi connectivity index (χ3v) is 6.28. The summed E-state index contributed by atoms with van der Waals surface area (Å²) in [5, 5.41) is 0.0392. The molecule has 1 aromatic carbocycles. The highest BCUT2D eigenvalue weighted by atomic mass is 32.2. The van der Waals surface area contributed by atoms with E-state index in [1.54, 1.807) is 14.2 Å². The Morgan fingerprint density at radius 3 is 2.68 bits per heavy atom. The molecule has 1 aliphatic rings. The number of aryl methyl sites for hydroxylation is 1. The lowest BCUT2D eigenvalue weighted by molar-refractivity contribution is 0.0855. The van der Waals surface area contributed by atoms with E-state index in [2.05, 4.69) is 19.7 Å². The van der Waals surface area contributed by atoms with E-state index in [0.29, 0.717) is 30.4 Å². The van der Waals surface area contributed by atoms with Crippen LogP contribution in [0.15, 0.2) is 35.9 Å². The fourth-order valence-corrected chi connectivity index (χ4v) is 4.55. The summed E-state index contributed by atoms with van der Waals surface area (Å²) >= 11 is 0. The minimum absolute atomic E-state index is 0.0392. The van der Waals surface area contributed by atoms with E-state index in [1.165, 1.54) is 23.3 Å². The normalized spacial score (nSPS) is 15.6. The highest BCUT2D eigenvalue weighted by molar-refractivity contribution is 7.92. The topological polar surface area (TPSA) is 108 Å². The number of fused-ring (bicyclic) bond motifs is 1. The second kappa shape index (κ2) is 7.36. The van der Waals surface area contributed by atoms with Crippen molar-refractivity contribution >= 4 is 26.9 Å². The van der Waals surface area contributed by atoms with Crippen molar-refractivity contribution in [3.63, 3.8) is 0 Å². The van der Waals surface area contributed by atoms with Crippen LogP contribution in [0.25, 0.3) is 11.0 Å². The van der Waals surface area contributed by atoms with E-state index in [-0.39, 0.29) is 10.8 Å². The Labute approximate surface area is 162 Å². The summed E-state index contributed by atoms with van der Waals surface area (Å²) in [6, 6.07) is 3.85. The fourth-order valence-electron chi connectivity index (χ4n) is 3.44. The van der Waals surface area contributed by atoms with Crippen molar-refractivity contribution in [2.75, 3.05) is 25.0 Å². The number of rotatable bonds is 5. The highest BCUT2D eigenvalue weighted by Crippen LogP contribution is 2.35. The van der Waals surface area contributed by atoms with Gasteiger partial charge in [-0.2, -0.15) is 8.42 Å². The molecule has 1 aliphatic heterocycles. The van der Waals surface area contributed by atoms with E-state index < -0.39 is 10.0 Å². The molecule has 10 heteroatoms. The van der Waals surface area contributed by atoms with Gasteiger partial charge in [0.05, 0.1) is 31.3 Å². The van der Waals surface area contributed by atoms with Crippen molar-refractivity contribution in [3.8, 4) is 5.75 Å². The summed E-state index contributed by atoms with van der Waals surface area (Å²) in [6.07, 6.45) is 5.96. The van der Waals surface area contributed by atoms with Crippen LogP contribution >= 0.6 is 0 Å². The van der Waals surface area contributed by atoms with Crippen LogP contribution in [0.5, 0.6) is 5.75 Å². The van der Waals surface area contributed by atoms with Gasteiger partial charge in [0.1, 0.15) is 11.3 Å². The van der Waals surface area contributed by atoms with Crippen LogP contribution in [-0.4, -0.2) is 48.3 Å². The SMILES string of the molecule is COc1ccc(C2CCOCC2)c2ncc(NS(=O)(=O)c3cncn3C)nc12. The molecule has 0 atom stereocenters. The van der Waals surface area contributed by atoms with Gasteiger partial charge < -0.3 is 14.0 Å². The van der Waals surface area contributed by atoms with Gasteiger partial charge >= 0.3 is 0 Å². The first-order valence-corrected chi connectivity index (χ1v) is 10.4. The fraction of sp³-hybridized carbons (Fsp3) is 0.389. The van der Waals surface area contributed by atoms with Crippen LogP contribution in [0.4, 0.5) is 5.82 Å². The van der Waals surface area contributed by atoms with Gasteiger partial charge in [-0.25, -0.2) is 9.97 Å². The summed E-state index contributed by atoms with van der Waals surface area (Å²) in [6.45, 7) is 1.43. The van der Waals surface area contributed by atoms with Gasteiger partial charge in [-0.05, 0) is 30.4 Å². The largest absolute Gasteiger partial charge is 0.494 e. The first kappa shape index (κ1) is 18.6. The molecule has 4 rings (SSSR count). The molecular formula is C18H21N5O4S. The van der Waals surface area contributed by atoms with Crippen molar-refractivity contribution in [2.45, 2.75) is 23.8 Å². The second-order valence-electron chi connectivity index (χ2n) is 6.64. The van der Waals surface area contributed by atoms with Gasteiger partial charge in [0.2, 0.25) is 0 Å². The third kappa shape index (κ3) is 3.40. The number of hydrogen-bond acceptors (Lipinski definition) is 7. The molecule has 1 N–H and O–H groups in total. The number of benzene rings is 1. The minimum Gasteiger partial charge on any atom is -0.494 e. The van der Waals surface area contributed by atoms with Gasteiger partial charge in [0, 0.05) is 20.3 Å². The predicted molar refractivity (Wildman–Crippen MR) is 103 cm³/mol. The van der Waals surface area contributed by atoms with E-state index in [0.717, 1.165) is 23.9 Å². The Bertz CT molecular complexity index is 1110. The molecule has 28 heavy (non-hydrogen) atoms. The molecule has 0 amide bonds. The first-order chi connectivity index (χ1) is 13.5. The average molecular weight is 403 g/mol. The van der Waals surface area contributed by atoms with E-state index in [4.69, 9.17) is 9.47 Å². The number of imidazole rings is 1. The predicted octanol–water partition coefficient (Wildman–Crippen LogP) is 2.07. The molecule has 148 valence electrons. The number of hydrogen-bond donors (Lipinski definition) is 1. The maximum atomic E-state index is 12.6. The van der Waals surface area contributed by atoms with Crippen LogP contribution in [0, 0.1) is 0 Å². The van der Waals surface area contributed by atoms with Crippen molar-refractivity contribution in [3.05, 3.63) is 36.4 Å². The maximum absolute atomic E-state index is 12.6. The zero-order chi connectivity index (χ0) is 19.7. The summed E-state index contributed by atoms with van der Waals surface area (Å²) in [7, 11) is -0.668. The van der Waals surface area contributed by atoms with Crippen molar-refractivity contribution < 1.29 is 17.9 Å².